The smallest absolute Gasteiger partial charge is 0.236 e. The lowest BCUT2D eigenvalue weighted by Gasteiger charge is -2.26. The molecule has 0 saturated carbocycles. The zero-order valence-electron chi connectivity index (χ0n) is 11.3. The van der Waals surface area contributed by atoms with Crippen molar-refractivity contribution in [2.45, 2.75) is 33.1 Å². The van der Waals surface area contributed by atoms with E-state index in [0.29, 0.717) is 24.9 Å². The van der Waals surface area contributed by atoms with Gasteiger partial charge in [-0.05, 0) is 38.3 Å². The van der Waals surface area contributed by atoms with Crippen LogP contribution < -0.4 is 5.73 Å². The lowest BCUT2D eigenvalue weighted by atomic mass is 10.2. The van der Waals surface area contributed by atoms with Gasteiger partial charge in [-0.3, -0.25) is 9.69 Å². The minimum atomic E-state index is 0.292. The number of nitrogens with zero attached hydrogens (tertiary/aromatic N) is 2. The third-order valence-electron chi connectivity index (χ3n) is 3.12. The number of rotatable bonds is 7. The van der Waals surface area contributed by atoms with Crippen LogP contribution >= 0.6 is 0 Å². The second-order valence-corrected chi connectivity index (χ2v) is 5.36. The Bertz CT molecular complexity index is 225. The lowest BCUT2D eigenvalue weighted by Crippen LogP contribution is -2.41. The van der Waals surface area contributed by atoms with Crippen molar-refractivity contribution < 1.29 is 4.79 Å². The largest absolute Gasteiger partial charge is 0.342 e. The minimum Gasteiger partial charge on any atom is -0.342 e. The van der Waals surface area contributed by atoms with Gasteiger partial charge in [0.1, 0.15) is 0 Å². The molecule has 0 spiro atoms. The molecule has 2 N–H and O–H groups in total. The molecule has 100 valence electrons. The predicted molar refractivity (Wildman–Crippen MR) is 70.8 cm³/mol. The number of hydrogen-bond donors (Lipinski definition) is 1. The van der Waals surface area contributed by atoms with E-state index in [-0.39, 0.29) is 0 Å². The van der Waals surface area contributed by atoms with Crippen LogP contribution in [0.4, 0.5) is 0 Å². The Morgan fingerprint density at radius 2 is 2.00 bits per heavy atom. The van der Waals surface area contributed by atoms with E-state index in [4.69, 9.17) is 5.73 Å². The van der Waals surface area contributed by atoms with Crippen molar-refractivity contribution in [3.63, 3.8) is 0 Å². The van der Waals surface area contributed by atoms with E-state index in [2.05, 4.69) is 18.7 Å². The van der Waals surface area contributed by atoms with Gasteiger partial charge >= 0.3 is 0 Å². The van der Waals surface area contributed by atoms with E-state index >= 15 is 0 Å². The summed E-state index contributed by atoms with van der Waals surface area (Å²) in [5, 5.41) is 0. The molecule has 0 aromatic rings. The molecule has 0 aliphatic carbocycles. The molecule has 0 bridgehead atoms. The third-order valence-corrected chi connectivity index (χ3v) is 3.12. The number of amides is 1. The summed E-state index contributed by atoms with van der Waals surface area (Å²) in [6.07, 6.45) is 3.30. The van der Waals surface area contributed by atoms with Crippen LogP contribution in [-0.4, -0.2) is 55.0 Å². The molecule has 1 rings (SSSR count). The highest BCUT2D eigenvalue weighted by Crippen LogP contribution is 2.09. The molecule has 0 unspecified atom stereocenters. The van der Waals surface area contributed by atoms with Gasteiger partial charge in [-0.15, -0.1) is 0 Å². The normalized spacial score (nSPS) is 16.2. The van der Waals surface area contributed by atoms with E-state index in [1.165, 1.54) is 12.8 Å². The Labute approximate surface area is 105 Å². The molecule has 1 heterocycles. The molecular formula is C13H27N3O. The summed E-state index contributed by atoms with van der Waals surface area (Å²) in [6, 6.07) is 0. The van der Waals surface area contributed by atoms with Crippen molar-refractivity contribution in [1.29, 1.82) is 0 Å². The van der Waals surface area contributed by atoms with Gasteiger partial charge in [0.15, 0.2) is 0 Å². The number of likely N-dealkylation sites (tertiary alicyclic amines) is 1. The van der Waals surface area contributed by atoms with Crippen LogP contribution in [0.3, 0.4) is 0 Å². The first-order valence-electron chi connectivity index (χ1n) is 6.83. The van der Waals surface area contributed by atoms with Crippen LogP contribution in [0.5, 0.6) is 0 Å². The minimum absolute atomic E-state index is 0.292. The molecule has 1 aliphatic rings. The summed E-state index contributed by atoms with van der Waals surface area (Å²) in [7, 11) is 0. The van der Waals surface area contributed by atoms with E-state index in [1.54, 1.807) is 0 Å². The van der Waals surface area contributed by atoms with Crippen molar-refractivity contribution in [3.05, 3.63) is 0 Å². The second kappa shape index (κ2) is 7.67. The standard InChI is InChI=1S/C13H27N3O/c1-12(2)10-15(7-5-6-14)11-13(17)16-8-3-4-9-16/h12H,3-11,14H2,1-2H3. The van der Waals surface area contributed by atoms with Crippen LogP contribution in [0.15, 0.2) is 0 Å². The van der Waals surface area contributed by atoms with Crippen molar-refractivity contribution in [3.8, 4) is 0 Å². The monoisotopic (exact) mass is 241 g/mol. The number of nitrogens with two attached hydrogens (primary N) is 1. The SMILES string of the molecule is CC(C)CN(CCCN)CC(=O)N1CCCC1. The number of carbonyl (C=O) groups is 1. The maximum absolute atomic E-state index is 12.1. The highest BCUT2D eigenvalue weighted by Gasteiger charge is 2.20. The molecule has 0 aromatic carbocycles. The van der Waals surface area contributed by atoms with Crippen molar-refractivity contribution >= 4 is 5.91 Å². The first kappa shape index (κ1) is 14.5. The highest BCUT2D eigenvalue weighted by atomic mass is 16.2. The van der Waals surface area contributed by atoms with Gasteiger partial charge in [0.05, 0.1) is 6.54 Å². The van der Waals surface area contributed by atoms with Crippen LogP contribution in [0.1, 0.15) is 33.1 Å². The van der Waals surface area contributed by atoms with Gasteiger partial charge in [-0.25, -0.2) is 0 Å². The Balaban J connectivity index is 2.37. The topological polar surface area (TPSA) is 49.6 Å². The van der Waals surface area contributed by atoms with Crippen LogP contribution in [0, 0.1) is 5.92 Å². The van der Waals surface area contributed by atoms with Crippen LogP contribution in [0.25, 0.3) is 0 Å². The van der Waals surface area contributed by atoms with Crippen molar-refractivity contribution in [2.75, 3.05) is 39.3 Å². The molecule has 1 amide bonds. The Morgan fingerprint density at radius 3 is 2.53 bits per heavy atom. The quantitative estimate of drug-likeness (QED) is 0.721. The van der Waals surface area contributed by atoms with E-state index in [9.17, 15) is 4.79 Å². The van der Waals surface area contributed by atoms with Crippen molar-refractivity contribution in [2.24, 2.45) is 11.7 Å². The summed E-state index contributed by atoms with van der Waals surface area (Å²) in [5.74, 6) is 0.888. The zero-order valence-corrected chi connectivity index (χ0v) is 11.3. The van der Waals surface area contributed by atoms with Crippen molar-refractivity contribution in [1.82, 2.24) is 9.80 Å². The first-order valence-corrected chi connectivity index (χ1v) is 6.83. The van der Waals surface area contributed by atoms with E-state index in [1.807, 2.05) is 4.90 Å². The molecule has 4 nitrogen and oxygen atoms in total. The summed E-state index contributed by atoms with van der Waals surface area (Å²) in [6.45, 7) is 9.47. The summed E-state index contributed by atoms with van der Waals surface area (Å²) >= 11 is 0. The number of hydrogen-bond acceptors (Lipinski definition) is 3. The first-order chi connectivity index (χ1) is 8.13. The molecule has 0 aromatic heterocycles. The molecule has 0 radical (unpaired) electrons. The Hall–Kier alpha value is -0.610. The van der Waals surface area contributed by atoms with Gasteiger partial charge < -0.3 is 10.6 Å². The Morgan fingerprint density at radius 1 is 1.35 bits per heavy atom. The fourth-order valence-corrected chi connectivity index (χ4v) is 2.32. The summed E-state index contributed by atoms with van der Waals surface area (Å²) in [5.41, 5.74) is 5.54. The van der Waals surface area contributed by atoms with Gasteiger partial charge in [0.25, 0.3) is 0 Å². The Kier molecular flexibility index (Phi) is 6.52. The number of carbonyl (C=O) groups excluding carboxylic acids is 1. The van der Waals surface area contributed by atoms with Gasteiger partial charge in [-0.2, -0.15) is 0 Å². The molecular weight excluding hydrogens is 214 g/mol. The fourth-order valence-electron chi connectivity index (χ4n) is 2.32. The molecule has 0 atom stereocenters. The molecule has 4 heteroatoms. The third kappa shape index (κ3) is 5.50. The average Bonchev–Trinajstić information content (AvgIpc) is 2.78. The maximum Gasteiger partial charge on any atom is 0.236 e. The van der Waals surface area contributed by atoms with E-state index < -0.39 is 0 Å². The molecule has 17 heavy (non-hydrogen) atoms. The lowest BCUT2D eigenvalue weighted by molar-refractivity contribution is -0.131. The van der Waals surface area contributed by atoms with Crippen LogP contribution in [0.2, 0.25) is 0 Å². The summed E-state index contributed by atoms with van der Waals surface area (Å²) < 4.78 is 0. The van der Waals surface area contributed by atoms with Gasteiger partial charge in [0, 0.05) is 19.6 Å². The highest BCUT2D eigenvalue weighted by molar-refractivity contribution is 5.78. The second-order valence-electron chi connectivity index (χ2n) is 5.36. The predicted octanol–water partition coefficient (Wildman–Crippen LogP) is 0.916. The van der Waals surface area contributed by atoms with Crippen LogP contribution in [-0.2, 0) is 4.79 Å². The molecule has 1 fully saturated rings. The molecule has 1 saturated heterocycles. The molecule has 1 aliphatic heterocycles. The van der Waals surface area contributed by atoms with Gasteiger partial charge in [-0.1, -0.05) is 13.8 Å². The average molecular weight is 241 g/mol. The zero-order chi connectivity index (χ0) is 12.7. The van der Waals surface area contributed by atoms with E-state index in [0.717, 1.165) is 32.6 Å². The fraction of sp³-hybridized carbons (Fsp3) is 0.923. The van der Waals surface area contributed by atoms with Gasteiger partial charge in [0.2, 0.25) is 5.91 Å². The maximum atomic E-state index is 12.1. The summed E-state index contributed by atoms with van der Waals surface area (Å²) in [4.78, 5) is 16.3.